The van der Waals surface area contributed by atoms with Gasteiger partial charge in [0.25, 0.3) is 11.6 Å². The van der Waals surface area contributed by atoms with Crippen LogP contribution in [0.5, 0.6) is 0 Å². The number of amides is 1. The molecule has 1 aliphatic rings. The molecular formula is C17H22N2O7S. The molecule has 148 valence electrons. The molecule has 1 atom stereocenters. The van der Waals surface area contributed by atoms with Gasteiger partial charge in [0.15, 0.2) is 16.4 Å². The van der Waals surface area contributed by atoms with Crippen LogP contribution in [-0.2, 0) is 19.4 Å². The number of rotatable bonds is 7. The Morgan fingerprint density at radius 2 is 2.07 bits per heavy atom. The number of sulfone groups is 1. The van der Waals surface area contributed by atoms with Crippen LogP contribution in [0.3, 0.4) is 0 Å². The zero-order valence-corrected chi connectivity index (χ0v) is 16.0. The van der Waals surface area contributed by atoms with E-state index in [9.17, 15) is 28.1 Å². The first-order valence-corrected chi connectivity index (χ1v) is 10.4. The number of nitro groups is 1. The number of carbonyl (C=O) groups is 2. The molecule has 1 fully saturated rings. The molecule has 0 N–H and O–H groups in total. The normalized spacial score (nSPS) is 18.1. The fraction of sp³-hybridized carbons (Fsp3) is 0.529. The maximum Gasteiger partial charge on any atom is 0.338 e. The van der Waals surface area contributed by atoms with Gasteiger partial charge in [0.05, 0.1) is 22.0 Å². The maximum absolute atomic E-state index is 12.4. The quantitative estimate of drug-likeness (QED) is 0.387. The largest absolute Gasteiger partial charge is 0.452 e. The van der Waals surface area contributed by atoms with Gasteiger partial charge in [-0.25, -0.2) is 13.2 Å². The van der Waals surface area contributed by atoms with Gasteiger partial charge in [-0.1, -0.05) is 6.92 Å². The van der Waals surface area contributed by atoms with E-state index in [2.05, 4.69) is 0 Å². The second-order valence-electron chi connectivity index (χ2n) is 6.48. The number of nitrogens with zero attached hydrogens (tertiary/aromatic N) is 2. The summed E-state index contributed by atoms with van der Waals surface area (Å²) in [4.78, 5) is 36.3. The van der Waals surface area contributed by atoms with Gasteiger partial charge < -0.3 is 9.64 Å². The molecule has 0 unspecified atom stereocenters. The molecule has 2 rings (SSSR count). The Balaban J connectivity index is 2.01. The summed E-state index contributed by atoms with van der Waals surface area (Å²) in [6.07, 6.45) is 1.03. The van der Waals surface area contributed by atoms with E-state index in [1.165, 1.54) is 30.0 Å². The number of aryl methyl sites for hydroxylation is 1. The zero-order valence-electron chi connectivity index (χ0n) is 15.2. The van der Waals surface area contributed by atoms with Gasteiger partial charge in [-0.15, -0.1) is 0 Å². The second-order valence-corrected chi connectivity index (χ2v) is 8.71. The van der Waals surface area contributed by atoms with Gasteiger partial charge in [0.1, 0.15) is 0 Å². The highest BCUT2D eigenvalue weighted by Crippen LogP contribution is 2.20. The van der Waals surface area contributed by atoms with Crippen LogP contribution < -0.4 is 0 Å². The minimum atomic E-state index is -3.14. The third-order valence-corrected chi connectivity index (χ3v) is 6.14. The molecule has 0 aromatic heterocycles. The van der Waals surface area contributed by atoms with Crippen LogP contribution in [0, 0.1) is 17.0 Å². The molecule has 0 aliphatic carbocycles. The van der Waals surface area contributed by atoms with Crippen molar-refractivity contribution in [2.24, 2.45) is 0 Å². The van der Waals surface area contributed by atoms with Crippen LogP contribution in [-0.4, -0.2) is 60.8 Å². The molecular weight excluding hydrogens is 376 g/mol. The van der Waals surface area contributed by atoms with Crippen LogP contribution in [0.1, 0.15) is 35.7 Å². The van der Waals surface area contributed by atoms with E-state index < -0.39 is 39.3 Å². The SMILES string of the molecule is CCCN(C(=O)COC(=O)c1ccc([N+](=O)[O-])c(C)c1)[C@@H]1CCS(=O)(=O)C1. The fourth-order valence-electron chi connectivity index (χ4n) is 3.05. The predicted molar refractivity (Wildman–Crippen MR) is 97.2 cm³/mol. The van der Waals surface area contributed by atoms with E-state index >= 15 is 0 Å². The summed E-state index contributed by atoms with van der Waals surface area (Å²) < 4.78 is 28.4. The average Bonchev–Trinajstić information content (AvgIpc) is 2.96. The Morgan fingerprint density at radius 3 is 2.59 bits per heavy atom. The minimum absolute atomic E-state index is 0.0486. The average molecular weight is 398 g/mol. The number of hydrogen-bond acceptors (Lipinski definition) is 7. The van der Waals surface area contributed by atoms with Gasteiger partial charge in [-0.2, -0.15) is 0 Å². The molecule has 1 aliphatic heterocycles. The van der Waals surface area contributed by atoms with E-state index in [4.69, 9.17) is 4.74 Å². The topological polar surface area (TPSA) is 124 Å². The lowest BCUT2D eigenvalue weighted by molar-refractivity contribution is -0.385. The van der Waals surface area contributed by atoms with Crippen molar-refractivity contribution < 1.29 is 27.7 Å². The summed E-state index contributed by atoms with van der Waals surface area (Å²) in [6.45, 7) is 3.25. The van der Waals surface area contributed by atoms with E-state index in [-0.39, 0.29) is 22.8 Å². The van der Waals surface area contributed by atoms with Crippen molar-refractivity contribution >= 4 is 27.4 Å². The number of nitro benzene ring substituents is 1. The highest BCUT2D eigenvalue weighted by atomic mass is 32.2. The Labute approximate surface area is 157 Å². The van der Waals surface area contributed by atoms with Crippen molar-refractivity contribution in [2.75, 3.05) is 24.7 Å². The van der Waals surface area contributed by atoms with Crippen molar-refractivity contribution in [3.8, 4) is 0 Å². The summed E-state index contributed by atoms with van der Waals surface area (Å²) in [6, 6.07) is 3.41. The van der Waals surface area contributed by atoms with Crippen molar-refractivity contribution in [3.05, 3.63) is 39.4 Å². The molecule has 1 amide bonds. The summed E-state index contributed by atoms with van der Waals surface area (Å²) in [5.41, 5.74) is 0.306. The molecule has 0 radical (unpaired) electrons. The first-order chi connectivity index (χ1) is 12.6. The van der Waals surface area contributed by atoms with Crippen molar-refractivity contribution in [1.29, 1.82) is 0 Å². The van der Waals surface area contributed by atoms with Gasteiger partial charge in [0.2, 0.25) is 0 Å². The Morgan fingerprint density at radius 1 is 1.37 bits per heavy atom. The molecule has 9 nitrogen and oxygen atoms in total. The smallest absolute Gasteiger partial charge is 0.338 e. The number of esters is 1. The summed E-state index contributed by atoms with van der Waals surface area (Å²) in [5, 5.41) is 10.8. The van der Waals surface area contributed by atoms with Crippen LogP contribution in [0.25, 0.3) is 0 Å². The second kappa shape index (κ2) is 8.47. The van der Waals surface area contributed by atoms with E-state index in [0.717, 1.165) is 0 Å². The first kappa shape index (κ1) is 20.8. The van der Waals surface area contributed by atoms with Crippen molar-refractivity contribution in [3.63, 3.8) is 0 Å². The van der Waals surface area contributed by atoms with E-state index in [0.29, 0.717) is 24.9 Å². The number of ether oxygens (including phenoxy) is 1. The molecule has 1 aromatic carbocycles. The maximum atomic E-state index is 12.4. The molecule has 1 aromatic rings. The third kappa shape index (κ3) is 5.25. The summed E-state index contributed by atoms with van der Waals surface area (Å²) in [7, 11) is -3.14. The molecule has 1 saturated heterocycles. The lowest BCUT2D eigenvalue weighted by Gasteiger charge is -2.27. The minimum Gasteiger partial charge on any atom is -0.452 e. The fourth-order valence-corrected chi connectivity index (χ4v) is 4.78. The Hall–Kier alpha value is -2.49. The van der Waals surface area contributed by atoms with Crippen LogP contribution in [0.2, 0.25) is 0 Å². The molecule has 0 spiro atoms. The molecule has 0 bridgehead atoms. The van der Waals surface area contributed by atoms with Gasteiger partial charge in [-0.05, 0) is 31.9 Å². The summed E-state index contributed by atoms with van der Waals surface area (Å²) >= 11 is 0. The number of carbonyl (C=O) groups excluding carboxylic acids is 2. The van der Waals surface area contributed by atoms with E-state index in [1.54, 1.807) is 0 Å². The lowest BCUT2D eigenvalue weighted by Crippen LogP contribution is -2.43. The first-order valence-electron chi connectivity index (χ1n) is 8.56. The summed E-state index contributed by atoms with van der Waals surface area (Å²) in [5.74, 6) is -1.25. The highest BCUT2D eigenvalue weighted by molar-refractivity contribution is 7.91. The molecule has 27 heavy (non-hydrogen) atoms. The van der Waals surface area contributed by atoms with Gasteiger partial charge in [-0.3, -0.25) is 14.9 Å². The Kier molecular flexibility index (Phi) is 6.53. The monoisotopic (exact) mass is 398 g/mol. The number of benzene rings is 1. The van der Waals surface area contributed by atoms with Crippen LogP contribution in [0.15, 0.2) is 18.2 Å². The lowest BCUT2D eigenvalue weighted by atomic mass is 10.1. The van der Waals surface area contributed by atoms with Gasteiger partial charge >= 0.3 is 5.97 Å². The third-order valence-electron chi connectivity index (χ3n) is 4.39. The van der Waals surface area contributed by atoms with Crippen molar-refractivity contribution in [2.45, 2.75) is 32.7 Å². The van der Waals surface area contributed by atoms with Crippen LogP contribution >= 0.6 is 0 Å². The standard InChI is InChI=1S/C17H22N2O7S/c1-3-7-18(14-6-8-27(24,25)11-14)16(20)10-26-17(21)13-4-5-15(19(22)23)12(2)9-13/h4-5,9,14H,3,6-8,10-11H2,1-2H3/t14-/m1/s1. The van der Waals surface area contributed by atoms with Gasteiger partial charge in [0, 0.05) is 24.2 Å². The molecule has 0 saturated carbocycles. The molecule has 10 heteroatoms. The molecule has 1 heterocycles. The van der Waals surface area contributed by atoms with Crippen molar-refractivity contribution in [1.82, 2.24) is 4.90 Å². The predicted octanol–water partition coefficient (Wildman–Crippen LogP) is 1.49. The Bertz CT molecular complexity index is 851. The van der Waals surface area contributed by atoms with Crippen LogP contribution in [0.4, 0.5) is 5.69 Å². The van der Waals surface area contributed by atoms with E-state index in [1.807, 2.05) is 6.92 Å². The highest BCUT2D eigenvalue weighted by Gasteiger charge is 2.34. The number of hydrogen-bond donors (Lipinski definition) is 0. The zero-order chi connectivity index (χ0) is 20.2.